The van der Waals surface area contributed by atoms with Crippen LogP contribution in [0.25, 0.3) is 0 Å². The Morgan fingerprint density at radius 3 is 2.47 bits per heavy atom. The molecule has 1 aliphatic rings. The van der Waals surface area contributed by atoms with Gasteiger partial charge in [-0.05, 0) is 37.0 Å². The first kappa shape index (κ1) is 16.7. The van der Waals surface area contributed by atoms with Gasteiger partial charge in [0.1, 0.15) is 0 Å². The zero-order chi connectivity index (χ0) is 14.6. The van der Waals surface area contributed by atoms with Gasteiger partial charge in [-0.2, -0.15) is 5.26 Å². The lowest BCUT2D eigenvalue weighted by Gasteiger charge is -2.41. The summed E-state index contributed by atoms with van der Waals surface area (Å²) >= 11 is 0. The van der Waals surface area contributed by atoms with E-state index >= 15 is 0 Å². The number of hydrogen-bond acceptors (Lipinski definition) is 2. The van der Waals surface area contributed by atoms with E-state index in [1.807, 2.05) is 0 Å². The van der Waals surface area contributed by atoms with Crippen LogP contribution in [-0.4, -0.2) is 14.7 Å². The molecule has 0 aromatic heterocycles. The molecular formula is C16H29NOS. The summed E-state index contributed by atoms with van der Waals surface area (Å²) < 4.78 is 12.6. The maximum Gasteiger partial charge on any atom is 0.0668 e. The van der Waals surface area contributed by atoms with Crippen molar-refractivity contribution in [3.8, 4) is 6.07 Å². The van der Waals surface area contributed by atoms with Crippen molar-refractivity contribution < 1.29 is 4.21 Å². The average molecular weight is 283 g/mol. The standard InChI is InChI=1S/C16H29NOS/c1-6-12(3)19(18)15-10-14(16(4,5)7-2)9-8-13(15)11-17/h12-15H,6-10H2,1-5H3. The van der Waals surface area contributed by atoms with E-state index in [1.54, 1.807) is 0 Å². The summed E-state index contributed by atoms with van der Waals surface area (Å²) in [7, 11) is -0.861. The first-order chi connectivity index (χ1) is 8.87. The third-order valence-corrected chi connectivity index (χ3v) is 7.49. The van der Waals surface area contributed by atoms with Crippen molar-refractivity contribution in [2.75, 3.05) is 0 Å². The number of nitriles is 1. The van der Waals surface area contributed by atoms with E-state index in [0.29, 0.717) is 11.3 Å². The minimum atomic E-state index is -0.861. The van der Waals surface area contributed by atoms with Gasteiger partial charge in [0, 0.05) is 16.0 Å². The van der Waals surface area contributed by atoms with Gasteiger partial charge in [0.15, 0.2) is 0 Å². The van der Waals surface area contributed by atoms with Gasteiger partial charge >= 0.3 is 0 Å². The molecule has 2 nitrogen and oxygen atoms in total. The molecule has 0 aliphatic heterocycles. The summed E-state index contributed by atoms with van der Waals surface area (Å²) in [5.41, 5.74) is 0.304. The van der Waals surface area contributed by atoms with Crippen LogP contribution >= 0.6 is 0 Å². The van der Waals surface area contributed by atoms with Crippen LogP contribution in [0.15, 0.2) is 0 Å². The molecule has 0 spiro atoms. The van der Waals surface area contributed by atoms with Crippen molar-refractivity contribution in [3.05, 3.63) is 0 Å². The first-order valence-electron chi connectivity index (χ1n) is 7.66. The second-order valence-electron chi connectivity index (χ2n) is 6.67. The van der Waals surface area contributed by atoms with Crippen LogP contribution < -0.4 is 0 Å². The number of rotatable bonds is 5. The zero-order valence-electron chi connectivity index (χ0n) is 13.1. The van der Waals surface area contributed by atoms with Crippen molar-refractivity contribution in [3.63, 3.8) is 0 Å². The SMILES string of the molecule is CCC(C)S(=O)C1CC(C(C)(C)CC)CCC1C#N. The fourth-order valence-corrected chi connectivity index (χ4v) is 4.86. The van der Waals surface area contributed by atoms with Crippen LogP contribution in [0, 0.1) is 28.6 Å². The fraction of sp³-hybridized carbons (Fsp3) is 0.938. The Hall–Kier alpha value is -0.360. The predicted molar refractivity (Wildman–Crippen MR) is 82.2 cm³/mol. The van der Waals surface area contributed by atoms with Gasteiger partial charge in [-0.25, -0.2) is 0 Å². The molecule has 0 heterocycles. The molecule has 1 aliphatic carbocycles. The van der Waals surface area contributed by atoms with Gasteiger partial charge < -0.3 is 0 Å². The van der Waals surface area contributed by atoms with Crippen LogP contribution in [0.4, 0.5) is 0 Å². The predicted octanol–water partition coefficient (Wildman–Crippen LogP) is 4.28. The summed E-state index contributed by atoms with van der Waals surface area (Å²) in [4.78, 5) is 0. The summed E-state index contributed by atoms with van der Waals surface area (Å²) in [5, 5.41) is 9.63. The monoisotopic (exact) mass is 283 g/mol. The van der Waals surface area contributed by atoms with Gasteiger partial charge in [-0.3, -0.25) is 4.21 Å². The molecule has 0 aromatic carbocycles. The second kappa shape index (κ2) is 6.88. The molecule has 0 bridgehead atoms. The first-order valence-corrected chi connectivity index (χ1v) is 8.93. The van der Waals surface area contributed by atoms with Crippen molar-refractivity contribution in [2.24, 2.45) is 17.3 Å². The van der Waals surface area contributed by atoms with E-state index in [4.69, 9.17) is 0 Å². The van der Waals surface area contributed by atoms with Crippen LogP contribution in [0.5, 0.6) is 0 Å². The lowest BCUT2D eigenvalue weighted by molar-refractivity contribution is 0.142. The molecule has 1 fully saturated rings. The number of hydrogen-bond donors (Lipinski definition) is 0. The highest BCUT2D eigenvalue weighted by atomic mass is 32.2. The summed E-state index contributed by atoms with van der Waals surface area (Å²) in [5.74, 6) is 0.610. The van der Waals surface area contributed by atoms with E-state index in [-0.39, 0.29) is 16.4 Å². The van der Waals surface area contributed by atoms with Gasteiger partial charge in [-0.15, -0.1) is 0 Å². The largest absolute Gasteiger partial charge is 0.259 e. The fourth-order valence-electron chi connectivity index (χ4n) is 2.99. The highest BCUT2D eigenvalue weighted by Crippen LogP contribution is 2.43. The summed E-state index contributed by atoms with van der Waals surface area (Å²) in [6, 6.07) is 2.41. The lowest BCUT2D eigenvalue weighted by Crippen LogP contribution is -2.40. The van der Waals surface area contributed by atoms with E-state index < -0.39 is 10.8 Å². The van der Waals surface area contributed by atoms with Gasteiger partial charge in [-0.1, -0.05) is 41.0 Å². The van der Waals surface area contributed by atoms with Crippen molar-refractivity contribution in [2.45, 2.75) is 77.2 Å². The van der Waals surface area contributed by atoms with E-state index in [9.17, 15) is 9.47 Å². The molecule has 1 saturated carbocycles. The maximum absolute atomic E-state index is 12.6. The molecule has 5 atom stereocenters. The number of nitrogens with zero attached hydrogens (tertiary/aromatic N) is 1. The second-order valence-corrected chi connectivity index (χ2v) is 8.74. The molecule has 0 radical (unpaired) electrons. The molecule has 0 amide bonds. The Morgan fingerprint density at radius 2 is 2.00 bits per heavy atom. The lowest BCUT2D eigenvalue weighted by atomic mass is 9.67. The average Bonchev–Trinajstić information content (AvgIpc) is 2.44. The van der Waals surface area contributed by atoms with Gasteiger partial charge in [0.25, 0.3) is 0 Å². The van der Waals surface area contributed by atoms with Crippen molar-refractivity contribution in [1.29, 1.82) is 5.26 Å². The normalized spacial score (nSPS) is 31.5. The molecule has 1 rings (SSSR count). The zero-order valence-corrected chi connectivity index (χ0v) is 13.9. The molecule has 0 saturated heterocycles. The van der Waals surface area contributed by atoms with Gasteiger partial charge in [0.05, 0.1) is 17.2 Å². The smallest absolute Gasteiger partial charge is 0.0668 e. The molecule has 5 unspecified atom stereocenters. The molecule has 3 heteroatoms. The Bertz CT molecular complexity index is 358. The third-order valence-electron chi connectivity index (χ3n) is 5.24. The van der Waals surface area contributed by atoms with E-state index in [0.717, 1.165) is 32.1 Å². The maximum atomic E-state index is 12.6. The summed E-state index contributed by atoms with van der Waals surface area (Å²) in [6.45, 7) is 11.0. The van der Waals surface area contributed by atoms with Crippen LogP contribution in [0.3, 0.4) is 0 Å². The topological polar surface area (TPSA) is 40.9 Å². The minimum absolute atomic E-state index is 0.00117. The van der Waals surface area contributed by atoms with Gasteiger partial charge in [0.2, 0.25) is 0 Å². The highest BCUT2D eigenvalue weighted by molar-refractivity contribution is 7.86. The molecule has 19 heavy (non-hydrogen) atoms. The van der Waals surface area contributed by atoms with E-state index in [2.05, 4.69) is 40.7 Å². The van der Waals surface area contributed by atoms with Crippen LogP contribution in [0.1, 0.15) is 66.7 Å². The van der Waals surface area contributed by atoms with E-state index in [1.165, 1.54) is 0 Å². The highest BCUT2D eigenvalue weighted by Gasteiger charge is 2.40. The molecule has 0 aromatic rings. The Kier molecular flexibility index (Phi) is 6.05. The van der Waals surface area contributed by atoms with Crippen LogP contribution in [0.2, 0.25) is 0 Å². The van der Waals surface area contributed by atoms with Crippen molar-refractivity contribution in [1.82, 2.24) is 0 Å². The Morgan fingerprint density at radius 1 is 1.37 bits per heavy atom. The molecule has 0 N–H and O–H groups in total. The van der Waals surface area contributed by atoms with Crippen molar-refractivity contribution >= 4 is 10.8 Å². The molecular weight excluding hydrogens is 254 g/mol. The third kappa shape index (κ3) is 3.81. The quantitative estimate of drug-likeness (QED) is 0.755. The molecule has 110 valence electrons. The summed E-state index contributed by atoms with van der Waals surface area (Å²) in [6.07, 6.45) is 5.10. The Labute approximate surface area is 121 Å². The minimum Gasteiger partial charge on any atom is -0.259 e. The Balaban J connectivity index is 2.86. The van der Waals surface area contributed by atoms with Crippen LogP contribution in [-0.2, 0) is 10.8 Å².